The minimum absolute atomic E-state index is 0.105. The Morgan fingerprint density at radius 2 is 2.05 bits per heavy atom. The zero-order valence-corrected chi connectivity index (χ0v) is 12.7. The number of nitrogens with zero attached hydrogens (tertiary/aromatic N) is 1. The summed E-state index contributed by atoms with van der Waals surface area (Å²) in [6, 6.07) is 1.10. The van der Waals surface area contributed by atoms with Crippen molar-refractivity contribution in [1.29, 1.82) is 0 Å². The average Bonchev–Trinajstić information content (AvgIpc) is 2.44. The summed E-state index contributed by atoms with van der Waals surface area (Å²) >= 11 is 1.85. The van der Waals surface area contributed by atoms with Crippen LogP contribution in [-0.2, 0) is 0 Å². The van der Waals surface area contributed by atoms with E-state index < -0.39 is 11.6 Å². The summed E-state index contributed by atoms with van der Waals surface area (Å²) in [5, 5.41) is 6.55. The Hall–Kier alpha value is -1.04. The summed E-state index contributed by atoms with van der Waals surface area (Å²) in [5.41, 5.74) is 0. The fourth-order valence-corrected chi connectivity index (χ4v) is 3.37. The average molecular weight is 301 g/mol. The number of thioether (sulfide) groups is 1. The van der Waals surface area contributed by atoms with E-state index in [0.717, 1.165) is 25.3 Å². The third-order valence-corrected chi connectivity index (χ3v) is 4.67. The summed E-state index contributed by atoms with van der Waals surface area (Å²) in [4.78, 5) is 4.03. The molecule has 3 nitrogen and oxygen atoms in total. The number of hydrogen-bond acceptors (Lipinski definition) is 4. The maximum absolute atomic E-state index is 13.8. The van der Waals surface area contributed by atoms with Crippen molar-refractivity contribution in [3.8, 4) is 0 Å². The van der Waals surface area contributed by atoms with Gasteiger partial charge >= 0.3 is 0 Å². The predicted molar refractivity (Wildman–Crippen MR) is 81.5 cm³/mol. The van der Waals surface area contributed by atoms with Crippen LogP contribution >= 0.6 is 11.8 Å². The van der Waals surface area contributed by atoms with Crippen LogP contribution in [0.5, 0.6) is 0 Å². The van der Waals surface area contributed by atoms with Crippen LogP contribution in [0.1, 0.15) is 32.6 Å². The van der Waals surface area contributed by atoms with E-state index in [1.807, 2.05) is 18.7 Å². The van der Waals surface area contributed by atoms with Gasteiger partial charge < -0.3 is 10.6 Å². The van der Waals surface area contributed by atoms with Gasteiger partial charge in [-0.15, -0.1) is 0 Å². The third kappa shape index (κ3) is 3.75. The first kappa shape index (κ1) is 15.4. The molecule has 1 saturated carbocycles. The Balaban J connectivity index is 2.10. The van der Waals surface area contributed by atoms with Crippen molar-refractivity contribution in [1.82, 2.24) is 4.98 Å². The molecule has 0 bridgehead atoms. The number of anilines is 2. The topological polar surface area (TPSA) is 37.0 Å². The summed E-state index contributed by atoms with van der Waals surface area (Å²) in [6.45, 7) is 2.40. The lowest BCUT2D eigenvalue weighted by atomic mass is 9.95. The molecule has 2 atom stereocenters. The molecule has 20 heavy (non-hydrogen) atoms. The largest absolute Gasteiger partial charge is 0.368 e. The molecule has 0 aliphatic heterocycles. The van der Waals surface area contributed by atoms with Crippen LogP contribution in [0.4, 0.5) is 20.4 Å². The highest BCUT2D eigenvalue weighted by Gasteiger charge is 2.23. The number of nitrogens with one attached hydrogen (secondary N) is 2. The smallest absolute Gasteiger partial charge is 0.168 e. The molecule has 2 rings (SSSR count). The molecule has 1 aliphatic carbocycles. The van der Waals surface area contributed by atoms with Crippen LogP contribution < -0.4 is 10.6 Å². The summed E-state index contributed by atoms with van der Waals surface area (Å²) in [7, 11) is 0. The fourth-order valence-electron chi connectivity index (χ4n) is 2.54. The minimum atomic E-state index is -0.652. The van der Waals surface area contributed by atoms with Gasteiger partial charge in [-0.1, -0.05) is 6.42 Å². The lowest BCUT2D eigenvalue weighted by Gasteiger charge is -2.29. The molecule has 6 heteroatoms. The molecule has 0 amide bonds. The number of hydrogen-bond donors (Lipinski definition) is 2. The van der Waals surface area contributed by atoms with E-state index in [1.54, 1.807) is 0 Å². The zero-order valence-electron chi connectivity index (χ0n) is 11.9. The summed E-state index contributed by atoms with van der Waals surface area (Å²) in [5.74, 6) is -1.03. The van der Waals surface area contributed by atoms with Gasteiger partial charge in [-0.25, -0.2) is 13.8 Å². The van der Waals surface area contributed by atoms with Crippen molar-refractivity contribution < 1.29 is 8.78 Å². The monoisotopic (exact) mass is 301 g/mol. The van der Waals surface area contributed by atoms with Crippen molar-refractivity contribution in [3.63, 3.8) is 0 Å². The zero-order chi connectivity index (χ0) is 14.5. The second-order valence-electron chi connectivity index (χ2n) is 5.05. The molecule has 1 fully saturated rings. The van der Waals surface area contributed by atoms with Crippen LogP contribution in [0.3, 0.4) is 0 Å². The quantitative estimate of drug-likeness (QED) is 0.865. The van der Waals surface area contributed by atoms with E-state index in [2.05, 4.69) is 21.9 Å². The summed E-state index contributed by atoms with van der Waals surface area (Å²) in [6.07, 6.45) is 6.45. The van der Waals surface area contributed by atoms with E-state index in [4.69, 9.17) is 0 Å². The lowest BCUT2D eigenvalue weighted by Crippen LogP contribution is -2.29. The molecule has 1 heterocycles. The third-order valence-electron chi connectivity index (χ3n) is 3.57. The van der Waals surface area contributed by atoms with E-state index >= 15 is 0 Å². The van der Waals surface area contributed by atoms with Gasteiger partial charge in [-0.2, -0.15) is 11.8 Å². The van der Waals surface area contributed by atoms with Crippen molar-refractivity contribution >= 4 is 23.4 Å². The highest BCUT2D eigenvalue weighted by atomic mass is 32.2. The van der Waals surface area contributed by atoms with Gasteiger partial charge in [0, 0.05) is 23.9 Å². The molecule has 0 spiro atoms. The number of halogens is 2. The predicted octanol–water partition coefficient (Wildman–Crippen LogP) is 3.88. The van der Waals surface area contributed by atoms with E-state index in [0.29, 0.717) is 11.8 Å². The van der Waals surface area contributed by atoms with Crippen molar-refractivity contribution in [2.24, 2.45) is 0 Å². The van der Waals surface area contributed by atoms with Crippen LogP contribution in [0.15, 0.2) is 6.07 Å². The van der Waals surface area contributed by atoms with Crippen LogP contribution in [0, 0.1) is 11.6 Å². The Morgan fingerprint density at radius 1 is 1.30 bits per heavy atom. The number of aromatic nitrogens is 1. The summed E-state index contributed by atoms with van der Waals surface area (Å²) < 4.78 is 27.3. The molecule has 0 aromatic carbocycles. The first-order chi connectivity index (χ1) is 9.63. The highest BCUT2D eigenvalue weighted by Crippen LogP contribution is 2.29. The molecule has 2 N–H and O–H groups in total. The first-order valence-electron chi connectivity index (χ1n) is 7.03. The minimum Gasteiger partial charge on any atom is -0.368 e. The standard InChI is InChI=1S/C14H21F2N3S/c1-3-17-13-11(15)8-12(16)14(19-13)18-9-5-4-6-10(7-9)20-2/h8-10H,3-7H2,1-2H3,(H2,17,18,19). The van der Waals surface area contributed by atoms with E-state index in [-0.39, 0.29) is 17.7 Å². The van der Waals surface area contributed by atoms with E-state index in [1.165, 1.54) is 6.42 Å². The van der Waals surface area contributed by atoms with E-state index in [9.17, 15) is 8.78 Å². The second kappa shape index (κ2) is 7.11. The Kier molecular flexibility index (Phi) is 5.46. The van der Waals surface area contributed by atoms with Crippen molar-refractivity contribution in [2.75, 3.05) is 23.4 Å². The van der Waals surface area contributed by atoms with Gasteiger partial charge in [-0.05, 0) is 32.4 Å². The molecule has 112 valence electrons. The lowest BCUT2D eigenvalue weighted by molar-refractivity contribution is 0.469. The maximum atomic E-state index is 13.8. The Bertz CT molecular complexity index is 456. The van der Waals surface area contributed by atoms with Crippen LogP contribution in [0.25, 0.3) is 0 Å². The molecule has 2 unspecified atom stereocenters. The Labute approximate surface area is 122 Å². The fraction of sp³-hybridized carbons (Fsp3) is 0.643. The molecule has 1 aliphatic rings. The second-order valence-corrected chi connectivity index (χ2v) is 6.18. The van der Waals surface area contributed by atoms with Gasteiger partial charge in [0.15, 0.2) is 23.3 Å². The van der Waals surface area contributed by atoms with Crippen molar-refractivity contribution in [3.05, 3.63) is 17.7 Å². The van der Waals surface area contributed by atoms with Gasteiger partial charge in [0.2, 0.25) is 0 Å². The Morgan fingerprint density at radius 3 is 2.75 bits per heavy atom. The molecule has 0 radical (unpaired) electrons. The molecular formula is C14H21F2N3S. The van der Waals surface area contributed by atoms with Gasteiger partial charge in [0.1, 0.15) is 0 Å². The highest BCUT2D eigenvalue weighted by molar-refractivity contribution is 7.99. The van der Waals surface area contributed by atoms with Crippen molar-refractivity contribution in [2.45, 2.75) is 43.9 Å². The van der Waals surface area contributed by atoms with Gasteiger partial charge in [0.25, 0.3) is 0 Å². The molecule has 1 aromatic heterocycles. The molecule has 0 saturated heterocycles. The van der Waals surface area contributed by atoms with Gasteiger partial charge in [0.05, 0.1) is 0 Å². The SMILES string of the molecule is CCNc1nc(NC2CCCC(SC)C2)c(F)cc1F. The van der Waals surface area contributed by atoms with Crippen LogP contribution in [0.2, 0.25) is 0 Å². The number of pyridine rings is 1. The van der Waals surface area contributed by atoms with Gasteiger partial charge in [-0.3, -0.25) is 0 Å². The first-order valence-corrected chi connectivity index (χ1v) is 8.32. The number of rotatable bonds is 5. The molecular weight excluding hydrogens is 280 g/mol. The van der Waals surface area contributed by atoms with Crippen LogP contribution in [-0.4, -0.2) is 29.1 Å². The normalized spacial score (nSPS) is 22.6. The maximum Gasteiger partial charge on any atom is 0.168 e. The molecule has 1 aromatic rings.